The molecule has 0 atom stereocenters. The highest BCUT2D eigenvalue weighted by Gasteiger charge is 2.09. The average molecular weight is 282 g/mol. The van der Waals surface area contributed by atoms with Crippen LogP contribution in [0.2, 0.25) is 0 Å². The fraction of sp³-hybridized carbons (Fsp3) is 0.273. The Hall–Kier alpha value is -1.36. The van der Waals surface area contributed by atoms with E-state index in [1.807, 2.05) is 35.9 Å². The molecule has 1 N–H and O–H groups in total. The predicted octanol–water partition coefficient (Wildman–Crippen LogP) is 2.30. The van der Waals surface area contributed by atoms with Gasteiger partial charge in [-0.15, -0.1) is 0 Å². The Morgan fingerprint density at radius 1 is 1.50 bits per heavy atom. The zero-order valence-corrected chi connectivity index (χ0v) is 10.5. The lowest BCUT2D eigenvalue weighted by atomic mass is 10.3. The number of carbonyl (C=O) groups is 1. The van der Waals surface area contributed by atoms with Crippen LogP contribution in [0.15, 0.2) is 24.3 Å². The number of hydrogen-bond donors (Lipinski definition) is 1. The molecule has 16 heavy (non-hydrogen) atoms. The van der Waals surface area contributed by atoms with E-state index in [9.17, 15) is 4.79 Å². The van der Waals surface area contributed by atoms with E-state index in [-0.39, 0.29) is 5.91 Å². The van der Waals surface area contributed by atoms with Gasteiger partial charge in [0.1, 0.15) is 0 Å². The van der Waals surface area contributed by atoms with E-state index in [2.05, 4.69) is 26.2 Å². The number of nitrogens with one attached hydrogen (secondary N) is 1. The van der Waals surface area contributed by atoms with E-state index in [1.165, 1.54) is 0 Å². The summed E-state index contributed by atoms with van der Waals surface area (Å²) in [5.41, 5.74) is 1.90. The molecule has 0 aliphatic carbocycles. The first-order valence-corrected chi connectivity index (χ1v) is 6.12. The molecular weight excluding hydrogens is 270 g/mol. The zero-order chi connectivity index (χ0) is 11.5. The summed E-state index contributed by atoms with van der Waals surface area (Å²) in [6, 6.07) is 7.78. The Labute approximate surface area is 102 Å². The van der Waals surface area contributed by atoms with Gasteiger partial charge >= 0.3 is 0 Å². The molecule has 2 aromatic rings. The molecule has 0 spiro atoms. The van der Waals surface area contributed by atoms with Crippen LogP contribution >= 0.6 is 15.9 Å². The number of para-hydroxylation sites is 2. The number of alkyl halides is 1. The van der Waals surface area contributed by atoms with Crippen LogP contribution in [0.5, 0.6) is 0 Å². The number of imidazole rings is 1. The summed E-state index contributed by atoms with van der Waals surface area (Å²) >= 11 is 3.23. The van der Waals surface area contributed by atoms with Crippen molar-refractivity contribution in [3.8, 4) is 0 Å². The van der Waals surface area contributed by atoms with Crippen LogP contribution in [0.3, 0.4) is 0 Å². The zero-order valence-electron chi connectivity index (χ0n) is 8.90. The first kappa shape index (κ1) is 11.1. The Morgan fingerprint density at radius 3 is 2.94 bits per heavy atom. The van der Waals surface area contributed by atoms with Gasteiger partial charge in [-0.25, -0.2) is 4.98 Å². The lowest BCUT2D eigenvalue weighted by Gasteiger charge is -2.03. The number of anilines is 1. The number of halogens is 1. The second-order valence-electron chi connectivity index (χ2n) is 3.47. The fourth-order valence-corrected chi connectivity index (χ4v) is 1.89. The van der Waals surface area contributed by atoms with Crippen molar-refractivity contribution in [1.82, 2.24) is 9.55 Å². The quantitative estimate of drug-likeness (QED) is 0.878. The Bertz CT molecular complexity index is 521. The molecule has 5 heteroatoms. The van der Waals surface area contributed by atoms with Gasteiger partial charge in [-0.1, -0.05) is 28.1 Å². The third-order valence-electron chi connectivity index (χ3n) is 2.36. The molecule has 0 aliphatic rings. The summed E-state index contributed by atoms with van der Waals surface area (Å²) in [7, 11) is 1.89. The van der Waals surface area contributed by atoms with E-state index in [0.29, 0.717) is 17.7 Å². The Balaban J connectivity index is 2.31. The minimum Gasteiger partial charge on any atom is -0.313 e. The van der Waals surface area contributed by atoms with Gasteiger partial charge in [0.2, 0.25) is 11.9 Å². The Kier molecular flexibility index (Phi) is 3.24. The second kappa shape index (κ2) is 4.65. The fourth-order valence-electron chi connectivity index (χ4n) is 1.53. The third-order valence-corrected chi connectivity index (χ3v) is 2.76. The van der Waals surface area contributed by atoms with E-state index in [0.717, 1.165) is 11.0 Å². The summed E-state index contributed by atoms with van der Waals surface area (Å²) in [5, 5.41) is 3.44. The molecule has 0 radical (unpaired) electrons. The minimum absolute atomic E-state index is 0.0321. The van der Waals surface area contributed by atoms with Crippen LogP contribution in [-0.4, -0.2) is 20.8 Å². The normalized spacial score (nSPS) is 10.6. The molecule has 0 fully saturated rings. The average Bonchev–Trinajstić information content (AvgIpc) is 2.57. The maximum Gasteiger partial charge on any atom is 0.227 e. The maximum absolute atomic E-state index is 11.4. The van der Waals surface area contributed by atoms with Gasteiger partial charge in [-0.3, -0.25) is 10.1 Å². The number of benzene rings is 1. The van der Waals surface area contributed by atoms with E-state index >= 15 is 0 Å². The van der Waals surface area contributed by atoms with Gasteiger partial charge in [-0.2, -0.15) is 0 Å². The van der Waals surface area contributed by atoms with E-state index in [4.69, 9.17) is 0 Å². The molecule has 0 saturated carbocycles. The standard InChI is InChI=1S/C11H12BrN3O/c1-15-9-5-3-2-4-8(9)13-11(15)14-10(16)6-7-12/h2-5H,6-7H2,1H3,(H,13,14,16). The molecule has 0 aliphatic heterocycles. The minimum atomic E-state index is -0.0321. The van der Waals surface area contributed by atoms with Crippen molar-refractivity contribution < 1.29 is 4.79 Å². The van der Waals surface area contributed by atoms with Crippen LogP contribution in [0, 0.1) is 0 Å². The van der Waals surface area contributed by atoms with E-state index < -0.39 is 0 Å². The summed E-state index contributed by atoms with van der Waals surface area (Å²) < 4.78 is 1.88. The smallest absolute Gasteiger partial charge is 0.227 e. The number of carbonyl (C=O) groups excluding carboxylic acids is 1. The van der Waals surface area contributed by atoms with Gasteiger partial charge in [0, 0.05) is 18.8 Å². The summed E-state index contributed by atoms with van der Waals surface area (Å²) in [6.07, 6.45) is 0.448. The maximum atomic E-state index is 11.4. The molecule has 1 aromatic carbocycles. The molecule has 1 aromatic heterocycles. The largest absolute Gasteiger partial charge is 0.313 e. The van der Waals surface area contributed by atoms with Crippen molar-refractivity contribution in [3.63, 3.8) is 0 Å². The first-order valence-electron chi connectivity index (χ1n) is 4.99. The highest BCUT2D eigenvalue weighted by molar-refractivity contribution is 9.09. The molecule has 0 unspecified atom stereocenters. The van der Waals surface area contributed by atoms with Gasteiger partial charge in [0.25, 0.3) is 0 Å². The predicted molar refractivity (Wildman–Crippen MR) is 67.8 cm³/mol. The van der Waals surface area contributed by atoms with Crippen molar-refractivity contribution >= 4 is 38.8 Å². The van der Waals surface area contributed by atoms with E-state index in [1.54, 1.807) is 0 Å². The number of aromatic nitrogens is 2. The molecule has 84 valence electrons. The van der Waals surface area contributed by atoms with Gasteiger partial charge in [-0.05, 0) is 12.1 Å². The molecule has 4 nitrogen and oxygen atoms in total. The molecule has 0 saturated heterocycles. The van der Waals surface area contributed by atoms with Crippen molar-refractivity contribution in [1.29, 1.82) is 0 Å². The van der Waals surface area contributed by atoms with Gasteiger partial charge < -0.3 is 4.57 Å². The summed E-state index contributed by atoms with van der Waals surface area (Å²) in [4.78, 5) is 15.8. The van der Waals surface area contributed by atoms with Crippen LogP contribution in [0.4, 0.5) is 5.95 Å². The van der Waals surface area contributed by atoms with Gasteiger partial charge in [0.05, 0.1) is 11.0 Å². The monoisotopic (exact) mass is 281 g/mol. The van der Waals surface area contributed by atoms with Crippen LogP contribution < -0.4 is 5.32 Å². The molecular formula is C11H12BrN3O. The number of fused-ring (bicyclic) bond motifs is 1. The van der Waals surface area contributed by atoms with Crippen molar-refractivity contribution in [2.45, 2.75) is 6.42 Å². The lowest BCUT2D eigenvalue weighted by molar-refractivity contribution is -0.115. The summed E-state index contributed by atoms with van der Waals surface area (Å²) in [6.45, 7) is 0. The topological polar surface area (TPSA) is 46.9 Å². The summed E-state index contributed by atoms with van der Waals surface area (Å²) in [5.74, 6) is 0.558. The number of nitrogens with zero attached hydrogens (tertiary/aromatic N) is 2. The first-order chi connectivity index (χ1) is 7.72. The Morgan fingerprint density at radius 2 is 2.25 bits per heavy atom. The molecule has 1 heterocycles. The molecule has 2 rings (SSSR count). The number of amides is 1. The lowest BCUT2D eigenvalue weighted by Crippen LogP contribution is -2.14. The number of aryl methyl sites for hydroxylation is 1. The van der Waals surface area contributed by atoms with Crippen molar-refractivity contribution in [3.05, 3.63) is 24.3 Å². The van der Waals surface area contributed by atoms with Crippen LogP contribution in [0.1, 0.15) is 6.42 Å². The van der Waals surface area contributed by atoms with Crippen molar-refractivity contribution in [2.24, 2.45) is 7.05 Å². The number of hydrogen-bond acceptors (Lipinski definition) is 2. The van der Waals surface area contributed by atoms with Crippen LogP contribution in [-0.2, 0) is 11.8 Å². The number of rotatable bonds is 3. The van der Waals surface area contributed by atoms with Crippen LogP contribution in [0.25, 0.3) is 11.0 Å². The van der Waals surface area contributed by atoms with Gasteiger partial charge in [0.15, 0.2) is 0 Å². The highest BCUT2D eigenvalue weighted by atomic mass is 79.9. The molecule has 0 bridgehead atoms. The van der Waals surface area contributed by atoms with Crippen molar-refractivity contribution in [2.75, 3.05) is 10.6 Å². The third kappa shape index (κ3) is 2.09. The second-order valence-corrected chi connectivity index (χ2v) is 4.26. The highest BCUT2D eigenvalue weighted by Crippen LogP contribution is 2.17. The molecule has 1 amide bonds. The SMILES string of the molecule is Cn1c(NC(=O)CCBr)nc2ccccc21.